The second kappa shape index (κ2) is 7.71. The first-order chi connectivity index (χ1) is 8.06. The minimum atomic E-state index is -3.27. The van der Waals surface area contributed by atoms with E-state index in [9.17, 15) is 8.42 Å². The van der Waals surface area contributed by atoms with Gasteiger partial charge in [0, 0.05) is 24.5 Å². The molecule has 0 aromatic rings. The zero-order valence-corrected chi connectivity index (χ0v) is 12.9. The Balaban J connectivity index is 2.43. The lowest BCUT2D eigenvalue weighted by molar-refractivity contribution is 0.414. The Morgan fingerprint density at radius 1 is 1.24 bits per heavy atom. The molecular weight excluding hydrogens is 304 g/mol. The van der Waals surface area contributed by atoms with Gasteiger partial charge in [-0.15, -0.1) is 0 Å². The van der Waals surface area contributed by atoms with Crippen LogP contribution in [0.2, 0.25) is 0 Å². The Hall–Kier alpha value is 0.350. The molecule has 0 bridgehead atoms. The van der Waals surface area contributed by atoms with E-state index in [1.807, 2.05) is 0 Å². The zero-order chi connectivity index (χ0) is 12.7. The van der Waals surface area contributed by atoms with Crippen LogP contribution < -0.4 is 4.72 Å². The number of hydrogen-bond donors (Lipinski definition) is 1. The van der Waals surface area contributed by atoms with Crippen LogP contribution in [-0.4, -0.2) is 37.2 Å². The Labute approximate surface area is 113 Å². The third-order valence-electron chi connectivity index (χ3n) is 2.99. The molecule has 0 spiro atoms. The molecule has 0 saturated carbocycles. The van der Waals surface area contributed by atoms with E-state index in [-0.39, 0.29) is 4.83 Å². The van der Waals surface area contributed by atoms with E-state index < -0.39 is 10.2 Å². The van der Waals surface area contributed by atoms with Crippen molar-refractivity contribution in [2.24, 2.45) is 0 Å². The van der Waals surface area contributed by atoms with Crippen LogP contribution >= 0.6 is 15.9 Å². The van der Waals surface area contributed by atoms with Crippen molar-refractivity contribution in [3.05, 3.63) is 0 Å². The molecule has 6 heteroatoms. The minimum absolute atomic E-state index is 0.231. The largest absolute Gasteiger partial charge is 0.279 e. The van der Waals surface area contributed by atoms with E-state index in [1.54, 1.807) is 4.31 Å². The predicted octanol–water partition coefficient (Wildman–Crippen LogP) is 2.26. The van der Waals surface area contributed by atoms with E-state index >= 15 is 0 Å². The summed E-state index contributed by atoms with van der Waals surface area (Å²) in [5.41, 5.74) is 0. The molecule has 1 aliphatic heterocycles. The van der Waals surface area contributed by atoms with E-state index in [2.05, 4.69) is 27.6 Å². The first-order valence-electron chi connectivity index (χ1n) is 6.45. The van der Waals surface area contributed by atoms with Crippen molar-refractivity contribution in [1.82, 2.24) is 9.03 Å². The molecule has 0 aromatic carbocycles. The lowest BCUT2D eigenvalue weighted by atomic mass is 10.2. The number of rotatable bonds is 6. The van der Waals surface area contributed by atoms with Gasteiger partial charge in [0.25, 0.3) is 10.2 Å². The van der Waals surface area contributed by atoms with Crippen molar-refractivity contribution in [2.75, 3.05) is 19.6 Å². The first-order valence-corrected chi connectivity index (χ1v) is 8.80. The number of nitrogens with one attached hydrogen (secondary N) is 1. The fraction of sp³-hybridized carbons (Fsp3) is 1.00. The SMILES string of the molecule is CCCC(Br)CNS(=O)(=O)N1CCCCCC1. The summed E-state index contributed by atoms with van der Waals surface area (Å²) in [5.74, 6) is 0. The highest BCUT2D eigenvalue weighted by Gasteiger charge is 2.22. The fourth-order valence-electron chi connectivity index (χ4n) is 1.98. The summed E-state index contributed by atoms with van der Waals surface area (Å²) in [6.45, 7) is 3.90. The second-order valence-corrected chi connectivity index (χ2v) is 7.60. The molecule has 1 fully saturated rings. The highest BCUT2D eigenvalue weighted by atomic mass is 79.9. The molecule has 1 N–H and O–H groups in total. The molecule has 102 valence electrons. The lowest BCUT2D eigenvalue weighted by Gasteiger charge is -2.21. The Morgan fingerprint density at radius 2 is 1.82 bits per heavy atom. The van der Waals surface area contributed by atoms with Gasteiger partial charge in [0.05, 0.1) is 0 Å². The van der Waals surface area contributed by atoms with E-state index in [1.165, 1.54) is 0 Å². The van der Waals surface area contributed by atoms with Gasteiger partial charge < -0.3 is 0 Å². The summed E-state index contributed by atoms with van der Waals surface area (Å²) in [6.07, 6.45) is 6.29. The molecular formula is C11H23BrN2O2S. The summed E-state index contributed by atoms with van der Waals surface area (Å²) < 4.78 is 28.4. The van der Waals surface area contributed by atoms with Crippen molar-refractivity contribution in [3.8, 4) is 0 Å². The molecule has 1 unspecified atom stereocenters. The molecule has 0 aliphatic carbocycles. The van der Waals surface area contributed by atoms with Crippen LogP contribution in [0.4, 0.5) is 0 Å². The van der Waals surface area contributed by atoms with Crippen molar-refractivity contribution in [3.63, 3.8) is 0 Å². The molecule has 4 nitrogen and oxygen atoms in total. The third kappa shape index (κ3) is 5.68. The van der Waals surface area contributed by atoms with Crippen molar-refractivity contribution >= 4 is 26.1 Å². The van der Waals surface area contributed by atoms with E-state index in [0.29, 0.717) is 19.6 Å². The first kappa shape index (κ1) is 15.4. The third-order valence-corrected chi connectivity index (χ3v) is 5.35. The second-order valence-electron chi connectivity index (χ2n) is 4.55. The lowest BCUT2D eigenvalue weighted by Crippen LogP contribution is -2.43. The maximum absolute atomic E-state index is 12.0. The maximum atomic E-state index is 12.0. The van der Waals surface area contributed by atoms with Gasteiger partial charge in [-0.25, -0.2) is 4.72 Å². The van der Waals surface area contributed by atoms with Gasteiger partial charge in [0.2, 0.25) is 0 Å². The number of hydrogen-bond acceptors (Lipinski definition) is 2. The standard InChI is InChI=1S/C11H23BrN2O2S/c1-2-7-11(12)10-13-17(15,16)14-8-5-3-4-6-9-14/h11,13H,2-10H2,1H3. The van der Waals surface area contributed by atoms with Crippen LogP contribution in [-0.2, 0) is 10.2 Å². The average Bonchev–Trinajstić information content (AvgIpc) is 2.56. The molecule has 0 aromatic heterocycles. The molecule has 0 amide bonds. The smallest absolute Gasteiger partial charge is 0.201 e. The zero-order valence-electron chi connectivity index (χ0n) is 10.5. The maximum Gasteiger partial charge on any atom is 0.279 e. The van der Waals surface area contributed by atoms with Crippen LogP contribution in [0.25, 0.3) is 0 Å². The summed E-state index contributed by atoms with van der Waals surface area (Å²) in [5, 5.41) is 0. The monoisotopic (exact) mass is 326 g/mol. The summed E-state index contributed by atoms with van der Waals surface area (Å²) in [4.78, 5) is 0.231. The molecule has 17 heavy (non-hydrogen) atoms. The topological polar surface area (TPSA) is 49.4 Å². The average molecular weight is 327 g/mol. The molecule has 1 saturated heterocycles. The van der Waals surface area contributed by atoms with Gasteiger partial charge in [-0.3, -0.25) is 0 Å². The fourth-order valence-corrected chi connectivity index (χ4v) is 4.15. The molecule has 0 radical (unpaired) electrons. The van der Waals surface area contributed by atoms with Gasteiger partial charge in [0.15, 0.2) is 0 Å². The Kier molecular flexibility index (Phi) is 6.99. The minimum Gasteiger partial charge on any atom is -0.201 e. The normalized spacial score (nSPS) is 21.1. The van der Waals surface area contributed by atoms with E-state index in [0.717, 1.165) is 38.5 Å². The van der Waals surface area contributed by atoms with Crippen molar-refractivity contribution < 1.29 is 8.42 Å². The van der Waals surface area contributed by atoms with Gasteiger partial charge >= 0.3 is 0 Å². The molecule has 1 aliphatic rings. The van der Waals surface area contributed by atoms with Crippen LogP contribution in [0.15, 0.2) is 0 Å². The highest BCUT2D eigenvalue weighted by molar-refractivity contribution is 9.09. The summed E-state index contributed by atoms with van der Waals surface area (Å²) >= 11 is 3.48. The van der Waals surface area contributed by atoms with Gasteiger partial charge in [-0.05, 0) is 19.3 Å². The van der Waals surface area contributed by atoms with Crippen LogP contribution in [0, 0.1) is 0 Å². The summed E-state index contributed by atoms with van der Waals surface area (Å²) in [6, 6.07) is 0. The Bertz CT molecular complexity index is 301. The quantitative estimate of drug-likeness (QED) is 0.761. The highest BCUT2D eigenvalue weighted by Crippen LogP contribution is 2.13. The number of halogens is 1. The van der Waals surface area contributed by atoms with Crippen LogP contribution in [0.1, 0.15) is 45.4 Å². The number of alkyl halides is 1. The molecule has 1 atom stereocenters. The molecule has 1 rings (SSSR count). The number of nitrogens with zero attached hydrogens (tertiary/aromatic N) is 1. The van der Waals surface area contributed by atoms with Crippen molar-refractivity contribution in [1.29, 1.82) is 0 Å². The van der Waals surface area contributed by atoms with E-state index in [4.69, 9.17) is 0 Å². The van der Waals surface area contributed by atoms with Crippen molar-refractivity contribution in [2.45, 2.75) is 50.3 Å². The predicted molar refractivity (Wildman–Crippen MR) is 74.6 cm³/mol. The Morgan fingerprint density at radius 3 is 2.35 bits per heavy atom. The van der Waals surface area contributed by atoms with Gasteiger partial charge in [0.1, 0.15) is 0 Å². The van der Waals surface area contributed by atoms with Crippen LogP contribution in [0.5, 0.6) is 0 Å². The summed E-state index contributed by atoms with van der Waals surface area (Å²) in [7, 11) is -3.27. The van der Waals surface area contributed by atoms with Gasteiger partial charge in [-0.2, -0.15) is 12.7 Å². The van der Waals surface area contributed by atoms with Crippen LogP contribution in [0.3, 0.4) is 0 Å². The van der Waals surface area contributed by atoms with Gasteiger partial charge in [-0.1, -0.05) is 42.1 Å². The molecule has 1 heterocycles.